The molecule has 4 heteroatoms. The average Bonchev–Trinajstić information content (AvgIpc) is 3.30. The van der Waals surface area contributed by atoms with Crippen LogP contribution in [0.25, 0.3) is 0 Å². The summed E-state index contributed by atoms with van der Waals surface area (Å²) < 4.78 is 0. The van der Waals surface area contributed by atoms with Gasteiger partial charge in [0, 0.05) is 62.6 Å². The van der Waals surface area contributed by atoms with Gasteiger partial charge in [0.25, 0.3) is 0 Å². The van der Waals surface area contributed by atoms with Gasteiger partial charge < -0.3 is 19.6 Å². The van der Waals surface area contributed by atoms with Crippen LogP contribution in [-0.2, 0) is 0 Å². The van der Waals surface area contributed by atoms with Crippen LogP contribution < -0.4 is 19.6 Å². The molecular weight excluding hydrogens is 753 g/mol. The summed E-state index contributed by atoms with van der Waals surface area (Å²) in [6, 6.07) is 76.2. The van der Waals surface area contributed by atoms with Crippen molar-refractivity contribution >= 4 is 56.9 Å². The molecule has 1 aliphatic carbocycles. The lowest BCUT2D eigenvalue weighted by Crippen LogP contribution is -2.43. The highest BCUT2D eigenvalue weighted by Crippen LogP contribution is 2.43. The van der Waals surface area contributed by atoms with E-state index < -0.39 is 0 Å². The SMILES string of the molecule is Cc1cccc(N(c2ccccc2)c2ccc(N(C3=CCC(C)(N(c4ccccc4)c4cccc(C)c4)C=C3)c3ccc(N(c4ccccc4)c4cccc(C)c4)cc3)cc2)c1. The molecule has 1 aliphatic rings. The van der Waals surface area contributed by atoms with Gasteiger partial charge in [0.2, 0.25) is 0 Å². The van der Waals surface area contributed by atoms with Gasteiger partial charge in [-0.1, -0.05) is 103 Å². The lowest BCUT2D eigenvalue weighted by molar-refractivity contribution is 0.566. The van der Waals surface area contributed by atoms with Crippen LogP contribution in [0, 0.1) is 20.8 Å². The number of para-hydroxylation sites is 3. The number of aryl methyl sites for hydroxylation is 3. The first kappa shape index (κ1) is 39.9. The number of hydrogen-bond acceptors (Lipinski definition) is 4. The highest BCUT2D eigenvalue weighted by atomic mass is 15.2. The van der Waals surface area contributed by atoms with Crippen LogP contribution in [0.1, 0.15) is 30.0 Å². The quantitative estimate of drug-likeness (QED) is 0.122. The number of allylic oxidation sites excluding steroid dienone is 1. The molecule has 0 saturated heterocycles. The number of benzene rings is 8. The number of hydrogen-bond donors (Lipinski definition) is 0. The molecule has 1 atom stereocenters. The van der Waals surface area contributed by atoms with Crippen LogP contribution in [0.3, 0.4) is 0 Å². The Labute approximate surface area is 367 Å². The fourth-order valence-corrected chi connectivity index (χ4v) is 8.66. The van der Waals surface area contributed by atoms with Crippen molar-refractivity contribution in [3.8, 4) is 0 Å². The zero-order valence-corrected chi connectivity index (χ0v) is 35.9. The molecule has 1 unspecified atom stereocenters. The molecule has 4 nitrogen and oxygen atoms in total. The summed E-state index contributed by atoms with van der Waals surface area (Å²) in [5, 5.41) is 0. The predicted octanol–water partition coefficient (Wildman–Crippen LogP) is 16.1. The summed E-state index contributed by atoms with van der Waals surface area (Å²) in [5.41, 5.74) is 15.7. The summed E-state index contributed by atoms with van der Waals surface area (Å²) in [5.74, 6) is 0. The molecule has 0 saturated carbocycles. The standard InChI is InChI=1S/C58H52N4/c1-44-17-14-26-55(41-44)60(47-20-8-5-9-21-47)51-33-29-49(30-34-51)59(50-31-35-52(36-32-50)61(48-22-10-6-11-23-48)56-27-15-18-45(2)42-56)53-37-39-58(4,40-38-53)62(54-24-12-7-13-25-54)57-28-16-19-46(3)43-57/h5-39,41-43H,40H2,1-4H3. The van der Waals surface area contributed by atoms with E-state index in [2.05, 4.69) is 278 Å². The highest BCUT2D eigenvalue weighted by Gasteiger charge is 2.33. The predicted molar refractivity (Wildman–Crippen MR) is 264 cm³/mol. The van der Waals surface area contributed by atoms with E-state index in [1.54, 1.807) is 0 Å². The minimum atomic E-state index is -0.313. The molecule has 62 heavy (non-hydrogen) atoms. The van der Waals surface area contributed by atoms with Gasteiger partial charge in [-0.25, -0.2) is 0 Å². The van der Waals surface area contributed by atoms with Crippen LogP contribution in [0.4, 0.5) is 56.9 Å². The van der Waals surface area contributed by atoms with Crippen molar-refractivity contribution in [3.05, 3.63) is 253 Å². The fourth-order valence-electron chi connectivity index (χ4n) is 8.66. The van der Waals surface area contributed by atoms with Crippen molar-refractivity contribution in [1.29, 1.82) is 0 Å². The summed E-state index contributed by atoms with van der Waals surface area (Å²) in [4.78, 5) is 9.52. The van der Waals surface area contributed by atoms with Crippen molar-refractivity contribution in [3.63, 3.8) is 0 Å². The second-order valence-electron chi connectivity index (χ2n) is 16.4. The molecule has 0 amide bonds. The van der Waals surface area contributed by atoms with E-state index in [0.717, 1.165) is 57.6 Å². The van der Waals surface area contributed by atoms with Crippen molar-refractivity contribution in [2.24, 2.45) is 0 Å². The summed E-state index contributed by atoms with van der Waals surface area (Å²) in [6.07, 6.45) is 7.90. The fraction of sp³-hybridized carbons (Fsp3) is 0.103. The van der Waals surface area contributed by atoms with E-state index >= 15 is 0 Å². The van der Waals surface area contributed by atoms with Crippen LogP contribution >= 0.6 is 0 Å². The maximum Gasteiger partial charge on any atom is 0.0644 e. The van der Waals surface area contributed by atoms with Gasteiger partial charge in [-0.05, 0) is 178 Å². The van der Waals surface area contributed by atoms with Gasteiger partial charge in [0.15, 0.2) is 0 Å². The highest BCUT2D eigenvalue weighted by molar-refractivity contribution is 5.82. The Morgan fingerprint density at radius 3 is 1.06 bits per heavy atom. The summed E-state index contributed by atoms with van der Waals surface area (Å²) in [7, 11) is 0. The normalized spacial score (nSPS) is 14.5. The van der Waals surface area contributed by atoms with E-state index in [9.17, 15) is 0 Å². The Morgan fingerprint density at radius 1 is 0.339 bits per heavy atom. The second kappa shape index (κ2) is 17.6. The van der Waals surface area contributed by atoms with Crippen molar-refractivity contribution < 1.29 is 0 Å². The smallest absolute Gasteiger partial charge is 0.0644 e. The Hall–Kier alpha value is -7.56. The molecule has 0 aromatic heterocycles. The molecule has 0 N–H and O–H groups in total. The largest absolute Gasteiger partial charge is 0.332 e. The summed E-state index contributed by atoms with van der Waals surface area (Å²) >= 11 is 0. The van der Waals surface area contributed by atoms with Gasteiger partial charge >= 0.3 is 0 Å². The Bertz CT molecular complexity index is 2680. The van der Waals surface area contributed by atoms with Gasteiger partial charge in [-0.15, -0.1) is 0 Å². The lowest BCUT2D eigenvalue weighted by atomic mass is 9.88. The molecule has 8 aromatic carbocycles. The average molecular weight is 805 g/mol. The summed E-state index contributed by atoms with van der Waals surface area (Å²) in [6.45, 7) is 8.80. The first-order chi connectivity index (χ1) is 30.3. The molecule has 0 spiro atoms. The van der Waals surface area contributed by atoms with E-state index in [4.69, 9.17) is 0 Å². The van der Waals surface area contributed by atoms with Gasteiger partial charge in [-0.3, -0.25) is 0 Å². The topological polar surface area (TPSA) is 13.0 Å². The van der Waals surface area contributed by atoms with Gasteiger partial charge in [0.05, 0.1) is 5.54 Å². The van der Waals surface area contributed by atoms with Crippen LogP contribution in [0.15, 0.2) is 236 Å². The zero-order chi connectivity index (χ0) is 42.5. The zero-order valence-electron chi connectivity index (χ0n) is 35.9. The maximum absolute atomic E-state index is 2.48. The minimum absolute atomic E-state index is 0.313. The molecule has 0 bridgehead atoms. The van der Waals surface area contributed by atoms with Crippen LogP contribution in [0.5, 0.6) is 0 Å². The number of rotatable bonds is 12. The van der Waals surface area contributed by atoms with Gasteiger partial charge in [0.1, 0.15) is 0 Å². The lowest BCUT2D eigenvalue weighted by Gasteiger charge is -2.43. The Balaban J connectivity index is 1.12. The molecule has 0 radical (unpaired) electrons. The third-order valence-electron chi connectivity index (χ3n) is 11.7. The van der Waals surface area contributed by atoms with E-state index in [-0.39, 0.29) is 5.54 Å². The third kappa shape index (κ3) is 8.41. The van der Waals surface area contributed by atoms with E-state index in [1.165, 1.54) is 28.1 Å². The number of nitrogens with zero attached hydrogens (tertiary/aromatic N) is 4. The Morgan fingerprint density at radius 2 is 0.677 bits per heavy atom. The molecular formula is C58H52N4. The van der Waals surface area contributed by atoms with Crippen LogP contribution in [0.2, 0.25) is 0 Å². The molecule has 0 aliphatic heterocycles. The van der Waals surface area contributed by atoms with E-state index in [0.29, 0.717) is 0 Å². The first-order valence-electron chi connectivity index (χ1n) is 21.5. The Kier molecular flexibility index (Phi) is 11.3. The minimum Gasteiger partial charge on any atom is -0.332 e. The molecule has 0 fully saturated rings. The van der Waals surface area contributed by atoms with E-state index in [1.807, 2.05) is 0 Å². The monoisotopic (exact) mass is 804 g/mol. The van der Waals surface area contributed by atoms with Crippen LogP contribution in [-0.4, -0.2) is 5.54 Å². The van der Waals surface area contributed by atoms with Crippen molar-refractivity contribution in [2.45, 2.75) is 39.7 Å². The van der Waals surface area contributed by atoms with Crippen molar-refractivity contribution in [2.75, 3.05) is 19.6 Å². The first-order valence-corrected chi connectivity index (χ1v) is 21.5. The van der Waals surface area contributed by atoms with Gasteiger partial charge in [-0.2, -0.15) is 0 Å². The number of anilines is 10. The van der Waals surface area contributed by atoms with Crippen molar-refractivity contribution in [1.82, 2.24) is 0 Å². The maximum atomic E-state index is 2.48. The molecule has 0 heterocycles. The second-order valence-corrected chi connectivity index (χ2v) is 16.4. The molecule has 8 aromatic rings. The third-order valence-corrected chi connectivity index (χ3v) is 11.7. The molecule has 9 rings (SSSR count). The molecule has 304 valence electrons.